The van der Waals surface area contributed by atoms with E-state index in [0.29, 0.717) is 12.8 Å². The quantitative estimate of drug-likeness (QED) is 0.598. The lowest BCUT2D eigenvalue weighted by Gasteiger charge is -2.36. The largest absolute Gasteiger partial charge is 0.390 e. The average Bonchev–Trinajstić information content (AvgIpc) is 3.02. The number of allylic oxidation sites excluding steroid dienone is 2. The lowest BCUT2D eigenvalue weighted by molar-refractivity contribution is -0.117. The standard InChI is InChI=1S/C15H24O4/c1-8(2)5-10(16)6-9(3)11-7-12(17)15(4,18)14-13(11)19-14/h5,9,11-14,17-18H,6-7H2,1-4H3/t9-,11+,12-,13-,14-,15+/m0/s1. The van der Waals surface area contributed by atoms with Crippen LogP contribution in [0.1, 0.15) is 40.5 Å². The molecule has 6 atom stereocenters. The first-order valence-corrected chi connectivity index (χ1v) is 6.97. The number of ketones is 1. The van der Waals surface area contributed by atoms with Crippen LogP contribution in [0.3, 0.4) is 0 Å². The molecular formula is C15H24O4. The molecule has 2 fully saturated rings. The van der Waals surface area contributed by atoms with Gasteiger partial charge in [-0.2, -0.15) is 0 Å². The summed E-state index contributed by atoms with van der Waals surface area (Å²) in [5.74, 6) is 0.426. The summed E-state index contributed by atoms with van der Waals surface area (Å²) in [4.78, 5) is 11.8. The summed E-state index contributed by atoms with van der Waals surface area (Å²) >= 11 is 0. The van der Waals surface area contributed by atoms with Crippen molar-refractivity contribution in [1.29, 1.82) is 0 Å². The number of hydrogen-bond acceptors (Lipinski definition) is 4. The van der Waals surface area contributed by atoms with Crippen molar-refractivity contribution in [3.63, 3.8) is 0 Å². The molecule has 2 rings (SSSR count). The van der Waals surface area contributed by atoms with Gasteiger partial charge in [-0.15, -0.1) is 0 Å². The fourth-order valence-electron chi connectivity index (χ4n) is 3.15. The zero-order valence-corrected chi connectivity index (χ0v) is 12.1. The van der Waals surface area contributed by atoms with Gasteiger partial charge in [0.05, 0.1) is 12.2 Å². The minimum absolute atomic E-state index is 0.00657. The van der Waals surface area contributed by atoms with Crippen LogP contribution >= 0.6 is 0 Å². The Balaban J connectivity index is 1.97. The Hall–Kier alpha value is -0.710. The normalized spacial score (nSPS) is 42.2. The predicted molar refractivity (Wildman–Crippen MR) is 71.6 cm³/mol. The molecule has 0 aromatic carbocycles. The first-order valence-electron chi connectivity index (χ1n) is 6.97. The van der Waals surface area contributed by atoms with Gasteiger partial charge in [0.15, 0.2) is 5.78 Å². The van der Waals surface area contributed by atoms with Crippen molar-refractivity contribution in [1.82, 2.24) is 0 Å². The maximum atomic E-state index is 11.8. The summed E-state index contributed by atoms with van der Waals surface area (Å²) in [5.41, 5.74) is -0.144. The maximum Gasteiger partial charge on any atom is 0.155 e. The highest BCUT2D eigenvalue weighted by Crippen LogP contribution is 2.49. The average molecular weight is 268 g/mol. The molecule has 0 radical (unpaired) electrons. The third-order valence-corrected chi connectivity index (χ3v) is 4.40. The van der Waals surface area contributed by atoms with Crippen LogP contribution in [0.2, 0.25) is 0 Å². The number of ether oxygens (including phenoxy) is 1. The molecule has 0 aromatic rings. The number of fused-ring (bicyclic) bond motifs is 1. The van der Waals surface area contributed by atoms with Gasteiger partial charge < -0.3 is 14.9 Å². The summed E-state index contributed by atoms with van der Waals surface area (Å²) in [6.45, 7) is 7.46. The summed E-state index contributed by atoms with van der Waals surface area (Å²) in [6, 6.07) is 0. The van der Waals surface area contributed by atoms with Crippen LogP contribution in [0, 0.1) is 11.8 Å². The number of rotatable bonds is 4. The molecule has 0 spiro atoms. The van der Waals surface area contributed by atoms with E-state index in [9.17, 15) is 15.0 Å². The molecule has 2 N–H and O–H groups in total. The molecule has 1 saturated heterocycles. The third kappa shape index (κ3) is 2.91. The van der Waals surface area contributed by atoms with E-state index in [1.807, 2.05) is 20.8 Å². The third-order valence-electron chi connectivity index (χ3n) is 4.40. The van der Waals surface area contributed by atoms with E-state index in [0.717, 1.165) is 5.57 Å². The van der Waals surface area contributed by atoms with E-state index in [1.165, 1.54) is 0 Å². The van der Waals surface area contributed by atoms with E-state index in [1.54, 1.807) is 13.0 Å². The van der Waals surface area contributed by atoms with Crippen molar-refractivity contribution in [3.8, 4) is 0 Å². The predicted octanol–water partition coefficient (Wildman–Crippen LogP) is 1.45. The van der Waals surface area contributed by atoms with Crippen LogP contribution in [0.5, 0.6) is 0 Å². The van der Waals surface area contributed by atoms with Gasteiger partial charge >= 0.3 is 0 Å². The summed E-state index contributed by atoms with van der Waals surface area (Å²) in [6.07, 6.45) is 1.57. The van der Waals surface area contributed by atoms with Crippen molar-refractivity contribution >= 4 is 5.78 Å². The van der Waals surface area contributed by atoms with Crippen molar-refractivity contribution in [2.45, 2.75) is 64.4 Å². The number of hydrogen-bond donors (Lipinski definition) is 2. The van der Waals surface area contributed by atoms with Crippen LogP contribution in [-0.2, 0) is 9.53 Å². The van der Waals surface area contributed by atoms with Crippen LogP contribution < -0.4 is 0 Å². The molecule has 0 bridgehead atoms. The van der Waals surface area contributed by atoms with E-state index < -0.39 is 11.7 Å². The number of carbonyl (C=O) groups is 1. The highest BCUT2D eigenvalue weighted by Gasteiger charge is 2.62. The van der Waals surface area contributed by atoms with E-state index in [-0.39, 0.29) is 29.8 Å². The van der Waals surface area contributed by atoms with Crippen molar-refractivity contribution in [2.24, 2.45) is 11.8 Å². The van der Waals surface area contributed by atoms with Gasteiger partial charge in [0.25, 0.3) is 0 Å². The van der Waals surface area contributed by atoms with Gasteiger partial charge in [-0.1, -0.05) is 12.5 Å². The molecule has 1 aliphatic carbocycles. The second-order valence-electron chi connectivity index (χ2n) is 6.53. The highest BCUT2D eigenvalue weighted by atomic mass is 16.6. The molecule has 108 valence electrons. The van der Waals surface area contributed by atoms with Crippen LogP contribution in [-0.4, -0.2) is 39.9 Å². The van der Waals surface area contributed by atoms with E-state index in [4.69, 9.17) is 4.74 Å². The Morgan fingerprint density at radius 3 is 2.74 bits per heavy atom. The molecule has 4 heteroatoms. The molecule has 0 unspecified atom stereocenters. The van der Waals surface area contributed by atoms with Crippen molar-refractivity contribution in [2.75, 3.05) is 0 Å². The van der Waals surface area contributed by atoms with Gasteiger partial charge in [-0.25, -0.2) is 0 Å². The van der Waals surface area contributed by atoms with Gasteiger partial charge in [0.1, 0.15) is 11.7 Å². The van der Waals surface area contributed by atoms with E-state index in [2.05, 4.69) is 0 Å². The zero-order valence-electron chi connectivity index (χ0n) is 12.1. The molecule has 4 nitrogen and oxygen atoms in total. The first kappa shape index (κ1) is 14.7. The van der Waals surface area contributed by atoms with Gasteiger partial charge in [0.2, 0.25) is 0 Å². The summed E-state index contributed by atoms with van der Waals surface area (Å²) in [7, 11) is 0. The van der Waals surface area contributed by atoms with Crippen LogP contribution in [0.15, 0.2) is 11.6 Å². The molecule has 0 amide bonds. The Morgan fingerprint density at radius 1 is 1.53 bits per heavy atom. The minimum Gasteiger partial charge on any atom is -0.390 e. The molecule has 1 saturated carbocycles. The van der Waals surface area contributed by atoms with Gasteiger partial charge in [0, 0.05) is 6.42 Å². The zero-order chi connectivity index (χ0) is 14.4. The summed E-state index contributed by atoms with van der Waals surface area (Å²) < 4.78 is 5.52. The lowest BCUT2D eigenvalue weighted by Crippen LogP contribution is -2.51. The molecule has 2 aliphatic rings. The molecule has 19 heavy (non-hydrogen) atoms. The maximum absolute atomic E-state index is 11.8. The number of aliphatic hydroxyl groups is 2. The fraction of sp³-hybridized carbons (Fsp3) is 0.800. The van der Waals surface area contributed by atoms with Gasteiger partial charge in [-0.3, -0.25) is 4.79 Å². The van der Waals surface area contributed by atoms with Crippen LogP contribution in [0.4, 0.5) is 0 Å². The molecule has 0 aromatic heterocycles. The Kier molecular flexibility index (Phi) is 3.87. The highest BCUT2D eigenvalue weighted by molar-refractivity contribution is 5.90. The lowest BCUT2D eigenvalue weighted by atomic mass is 9.72. The fourth-order valence-corrected chi connectivity index (χ4v) is 3.15. The van der Waals surface area contributed by atoms with Gasteiger partial charge in [-0.05, 0) is 45.1 Å². The van der Waals surface area contributed by atoms with E-state index >= 15 is 0 Å². The Bertz CT molecular complexity index is 391. The topological polar surface area (TPSA) is 70.1 Å². The molecule has 1 aliphatic heterocycles. The van der Waals surface area contributed by atoms with Crippen LogP contribution in [0.25, 0.3) is 0 Å². The second-order valence-corrected chi connectivity index (χ2v) is 6.53. The monoisotopic (exact) mass is 268 g/mol. The Labute approximate surface area is 114 Å². The summed E-state index contributed by atoms with van der Waals surface area (Å²) in [5, 5.41) is 20.1. The minimum atomic E-state index is -1.15. The first-order chi connectivity index (χ1) is 8.73. The number of aliphatic hydroxyl groups excluding tert-OH is 1. The second kappa shape index (κ2) is 5.00. The molecular weight excluding hydrogens is 244 g/mol. The van der Waals surface area contributed by atoms with Crippen molar-refractivity contribution in [3.05, 3.63) is 11.6 Å². The van der Waals surface area contributed by atoms with Crippen molar-refractivity contribution < 1.29 is 19.7 Å². The Morgan fingerprint density at radius 2 is 2.16 bits per heavy atom. The smallest absolute Gasteiger partial charge is 0.155 e. The molecule has 1 heterocycles. The SMILES string of the molecule is CC(C)=CC(=O)C[C@H](C)[C@H]1C[C@H](O)[C@@](C)(O)[C@H]2O[C@@H]12. The number of carbonyl (C=O) groups excluding carboxylic acids is 1. The number of epoxide rings is 1.